The highest BCUT2D eigenvalue weighted by Crippen LogP contribution is 2.07. The minimum atomic E-state index is -0.934. The summed E-state index contributed by atoms with van der Waals surface area (Å²) < 4.78 is 0. The molecule has 0 aliphatic rings. The van der Waals surface area contributed by atoms with Crippen LogP contribution in [0.1, 0.15) is 13.3 Å². The molecule has 0 aliphatic carbocycles. The number of aromatic nitrogens is 2. The smallest absolute Gasteiger partial charge is 0.326 e. The van der Waals surface area contributed by atoms with E-state index >= 15 is 0 Å². The predicted molar refractivity (Wildman–Crippen MR) is 52.4 cm³/mol. The van der Waals surface area contributed by atoms with E-state index in [1.807, 2.05) is 0 Å². The average molecular weight is 216 g/mol. The number of nitrogens with zero attached hydrogens (tertiary/aromatic N) is 2. The van der Waals surface area contributed by atoms with Crippen LogP contribution >= 0.6 is 11.6 Å². The summed E-state index contributed by atoms with van der Waals surface area (Å²) in [6, 6.07) is 0.836. The van der Waals surface area contributed by atoms with Gasteiger partial charge in [0.1, 0.15) is 11.2 Å². The first-order chi connectivity index (χ1) is 6.63. The second kappa shape index (κ2) is 4.76. The fourth-order valence-corrected chi connectivity index (χ4v) is 1.04. The molecule has 5 nitrogen and oxygen atoms in total. The highest BCUT2D eigenvalue weighted by Gasteiger charge is 2.15. The van der Waals surface area contributed by atoms with Crippen molar-refractivity contribution in [2.45, 2.75) is 19.4 Å². The topological polar surface area (TPSA) is 75.1 Å². The molecule has 0 aromatic carbocycles. The molecule has 0 radical (unpaired) electrons. The molecular weight excluding hydrogens is 206 g/mol. The lowest BCUT2D eigenvalue weighted by molar-refractivity contribution is -0.137. The zero-order chi connectivity index (χ0) is 10.6. The van der Waals surface area contributed by atoms with Crippen molar-refractivity contribution in [2.75, 3.05) is 5.32 Å². The Balaban J connectivity index is 2.72. The number of carboxylic acid groups (broad SMARTS) is 1. The SMILES string of the molecule is CCC(Nc1nccc(Cl)n1)C(=O)O. The van der Waals surface area contributed by atoms with Gasteiger partial charge in [-0.05, 0) is 12.5 Å². The van der Waals surface area contributed by atoms with Crippen LogP contribution in [-0.2, 0) is 4.79 Å². The molecule has 0 saturated carbocycles. The molecule has 6 heteroatoms. The third-order valence-corrected chi connectivity index (χ3v) is 1.84. The summed E-state index contributed by atoms with van der Waals surface area (Å²) in [5.74, 6) is -0.706. The average Bonchev–Trinajstić information content (AvgIpc) is 2.14. The van der Waals surface area contributed by atoms with Crippen molar-refractivity contribution in [1.82, 2.24) is 9.97 Å². The van der Waals surface area contributed by atoms with E-state index in [9.17, 15) is 4.79 Å². The first-order valence-corrected chi connectivity index (χ1v) is 4.49. The monoisotopic (exact) mass is 215 g/mol. The maximum atomic E-state index is 10.7. The van der Waals surface area contributed by atoms with Crippen LogP contribution in [0.2, 0.25) is 5.15 Å². The number of halogens is 1. The Morgan fingerprint density at radius 2 is 2.50 bits per heavy atom. The normalized spacial score (nSPS) is 12.1. The maximum Gasteiger partial charge on any atom is 0.326 e. The minimum Gasteiger partial charge on any atom is -0.480 e. The van der Waals surface area contributed by atoms with Gasteiger partial charge < -0.3 is 10.4 Å². The van der Waals surface area contributed by atoms with Crippen LogP contribution in [0.15, 0.2) is 12.3 Å². The van der Waals surface area contributed by atoms with Crippen LogP contribution in [0.3, 0.4) is 0 Å². The first-order valence-electron chi connectivity index (χ1n) is 4.11. The third kappa shape index (κ3) is 2.85. The Morgan fingerprint density at radius 3 is 3.00 bits per heavy atom. The summed E-state index contributed by atoms with van der Waals surface area (Å²) in [5.41, 5.74) is 0. The zero-order valence-electron chi connectivity index (χ0n) is 7.57. The molecule has 14 heavy (non-hydrogen) atoms. The van der Waals surface area contributed by atoms with Crippen molar-refractivity contribution in [2.24, 2.45) is 0 Å². The van der Waals surface area contributed by atoms with Crippen LogP contribution in [0, 0.1) is 0 Å². The Hall–Kier alpha value is -1.36. The van der Waals surface area contributed by atoms with Gasteiger partial charge in [-0.2, -0.15) is 0 Å². The number of nitrogens with one attached hydrogen (secondary N) is 1. The number of rotatable bonds is 4. The Labute approximate surface area is 86.1 Å². The van der Waals surface area contributed by atoms with Gasteiger partial charge in [0.05, 0.1) is 0 Å². The molecule has 1 heterocycles. The van der Waals surface area contributed by atoms with Gasteiger partial charge in [-0.3, -0.25) is 0 Å². The number of hydrogen-bond donors (Lipinski definition) is 2. The van der Waals surface area contributed by atoms with Crippen molar-refractivity contribution in [3.63, 3.8) is 0 Å². The summed E-state index contributed by atoms with van der Waals surface area (Å²) in [6.45, 7) is 1.76. The molecule has 0 aliphatic heterocycles. The predicted octanol–water partition coefficient (Wildman–Crippen LogP) is 1.41. The fourth-order valence-electron chi connectivity index (χ4n) is 0.900. The lowest BCUT2D eigenvalue weighted by Crippen LogP contribution is -2.29. The molecule has 0 bridgehead atoms. The molecular formula is C8H10ClN3O2. The number of hydrogen-bond acceptors (Lipinski definition) is 4. The van der Waals surface area contributed by atoms with Gasteiger partial charge in [-0.25, -0.2) is 14.8 Å². The quantitative estimate of drug-likeness (QED) is 0.743. The van der Waals surface area contributed by atoms with Crippen LogP contribution in [0.25, 0.3) is 0 Å². The van der Waals surface area contributed by atoms with Crippen LogP contribution in [0.5, 0.6) is 0 Å². The summed E-state index contributed by atoms with van der Waals surface area (Å²) in [4.78, 5) is 18.3. The van der Waals surface area contributed by atoms with Crippen LogP contribution in [0.4, 0.5) is 5.95 Å². The zero-order valence-corrected chi connectivity index (χ0v) is 8.32. The van der Waals surface area contributed by atoms with Gasteiger partial charge in [0, 0.05) is 6.20 Å². The number of carbonyl (C=O) groups is 1. The molecule has 1 unspecified atom stereocenters. The van der Waals surface area contributed by atoms with Gasteiger partial charge in [-0.15, -0.1) is 0 Å². The number of anilines is 1. The van der Waals surface area contributed by atoms with E-state index in [0.29, 0.717) is 6.42 Å². The molecule has 1 rings (SSSR count). The standard InChI is InChI=1S/C8H10ClN3O2/c1-2-5(7(13)14)11-8-10-4-3-6(9)12-8/h3-5H,2H2,1H3,(H,13,14)(H,10,11,12). The molecule has 1 atom stereocenters. The summed E-state index contributed by atoms with van der Waals surface area (Å²) in [5, 5.41) is 11.7. The van der Waals surface area contributed by atoms with Gasteiger partial charge in [0.2, 0.25) is 5.95 Å². The number of aliphatic carboxylic acids is 1. The van der Waals surface area contributed by atoms with E-state index in [1.165, 1.54) is 12.3 Å². The van der Waals surface area contributed by atoms with Crippen molar-refractivity contribution in [1.29, 1.82) is 0 Å². The molecule has 0 spiro atoms. The second-order valence-electron chi connectivity index (χ2n) is 2.65. The van der Waals surface area contributed by atoms with E-state index in [2.05, 4.69) is 15.3 Å². The summed E-state index contributed by atoms with van der Waals surface area (Å²) >= 11 is 5.61. The van der Waals surface area contributed by atoms with Gasteiger partial charge >= 0.3 is 5.97 Å². The van der Waals surface area contributed by atoms with Crippen LogP contribution in [-0.4, -0.2) is 27.1 Å². The van der Waals surface area contributed by atoms with E-state index in [-0.39, 0.29) is 11.1 Å². The molecule has 0 amide bonds. The maximum absolute atomic E-state index is 10.7. The van der Waals surface area contributed by atoms with E-state index in [1.54, 1.807) is 6.92 Å². The second-order valence-corrected chi connectivity index (χ2v) is 3.03. The first kappa shape index (κ1) is 10.7. The fraction of sp³-hybridized carbons (Fsp3) is 0.375. The van der Waals surface area contributed by atoms with Crippen molar-refractivity contribution in [3.8, 4) is 0 Å². The minimum absolute atomic E-state index is 0.228. The Kier molecular flexibility index (Phi) is 3.64. The number of carboxylic acids is 1. The lowest BCUT2D eigenvalue weighted by atomic mass is 10.2. The third-order valence-electron chi connectivity index (χ3n) is 1.63. The molecule has 2 N–H and O–H groups in total. The van der Waals surface area contributed by atoms with E-state index in [4.69, 9.17) is 16.7 Å². The summed E-state index contributed by atoms with van der Waals surface area (Å²) in [6.07, 6.45) is 1.91. The Morgan fingerprint density at radius 1 is 1.79 bits per heavy atom. The molecule has 1 aromatic rings. The molecule has 0 fully saturated rings. The summed E-state index contributed by atoms with van der Waals surface area (Å²) in [7, 11) is 0. The largest absolute Gasteiger partial charge is 0.480 e. The molecule has 0 saturated heterocycles. The highest BCUT2D eigenvalue weighted by molar-refractivity contribution is 6.29. The van der Waals surface area contributed by atoms with Gasteiger partial charge in [-0.1, -0.05) is 18.5 Å². The van der Waals surface area contributed by atoms with E-state index in [0.717, 1.165) is 0 Å². The Bertz CT molecular complexity index is 332. The van der Waals surface area contributed by atoms with Crippen LogP contribution < -0.4 is 5.32 Å². The van der Waals surface area contributed by atoms with Gasteiger partial charge in [0.25, 0.3) is 0 Å². The van der Waals surface area contributed by atoms with Crippen molar-refractivity contribution < 1.29 is 9.90 Å². The highest BCUT2D eigenvalue weighted by atomic mass is 35.5. The lowest BCUT2D eigenvalue weighted by Gasteiger charge is -2.11. The molecule has 1 aromatic heterocycles. The van der Waals surface area contributed by atoms with E-state index < -0.39 is 12.0 Å². The van der Waals surface area contributed by atoms with Gasteiger partial charge in [0.15, 0.2) is 0 Å². The molecule has 76 valence electrons. The van der Waals surface area contributed by atoms with Crippen molar-refractivity contribution >= 4 is 23.5 Å². The van der Waals surface area contributed by atoms with Crippen molar-refractivity contribution in [3.05, 3.63) is 17.4 Å².